The van der Waals surface area contributed by atoms with Gasteiger partial charge in [-0.25, -0.2) is 0 Å². The fourth-order valence-corrected chi connectivity index (χ4v) is 3.32. The molecule has 2 heteroatoms. The molecule has 1 heterocycles. The number of ether oxygens (including phenoxy) is 2. The molecule has 23 heavy (non-hydrogen) atoms. The van der Waals surface area contributed by atoms with E-state index in [2.05, 4.69) is 13.8 Å². The molecule has 0 aromatic heterocycles. The third-order valence-electron chi connectivity index (χ3n) is 4.91. The van der Waals surface area contributed by atoms with Crippen LogP contribution >= 0.6 is 0 Å². The molecule has 2 nitrogen and oxygen atoms in total. The maximum atomic E-state index is 5.81. The average molecular weight is 327 g/mol. The van der Waals surface area contributed by atoms with Crippen LogP contribution in [-0.4, -0.2) is 25.4 Å². The highest BCUT2D eigenvalue weighted by molar-refractivity contribution is 4.84. The number of hydrogen-bond acceptors (Lipinski definition) is 2. The Morgan fingerprint density at radius 2 is 1.09 bits per heavy atom. The van der Waals surface area contributed by atoms with Gasteiger partial charge in [-0.15, -0.1) is 0 Å². The highest BCUT2D eigenvalue weighted by Gasteiger charge is 2.36. The number of rotatable bonds is 18. The molecule has 0 N–H and O–H groups in total. The zero-order valence-electron chi connectivity index (χ0n) is 16.0. The minimum absolute atomic E-state index is 0.619. The first-order chi connectivity index (χ1) is 11.4. The lowest BCUT2D eigenvalue weighted by Crippen LogP contribution is -1.96. The quantitative estimate of drug-likeness (QED) is 0.207. The summed E-state index contributed by atoms with van der Waals surface area (Å²) < 4.78 is 11.3. The minimum atomic E-state index is 0.619. The number of epoxide rings is 1. The summed E-state index contributed by atoms with van der Waals surface area (Å²) in [6, 6.07) is 0. The zero-order valence-corrected chi connectivity index (χ0v) is 16.0. The Bertz CT molecular complexity index is 242. The lowest BCUT2D eigenvalue weighted by atomic mass is 10.0. The van der Waals surface area contributed by atoms with Gasteiger partial charge in [-0.3, -0.25) is 0 Å². The Labute approximate surface area is 145 Å². The second-order valence-corrected chi connectivity index (χ2v) is 7.29. The summed E-state index contributed by atoms with van der Waals surface area (Å²) in [7, 11) is 0. The van der Waals surface area contributed by atoms with E-state index in [0.29, 0.717) is 12.2 Å². The molecule has 0 radical (unpaired) electrons. The van der Waals surface area contributed by atoms with Gasteiger partial charge in [0.15, 0.2) is 0 Å². The van der Waals surface area contributed by atoms with Gasteiger partial charge in [0, 0.05) is 13.2 Å². The van der Waals surface area contributed by atoms with Gasteiger partial charge in [0.2, 0.25) is 0 Å². The first-order valence-corrected chi connectivity index (χ1v) is 10.6. The van der Waals surface area contributed by atoms with E-state index in [4.69, 9.17) is 9.47 Å². The van der Waals surface area contributed by atoms with E-state index in [1.807, 2.05) is 0 Å². The van der Waals surface area contributed by atoms with Gasteiger partial charge in [-0.05, 0) is 25.7 Å². The van der Waals surface area contributed by atoms with Crippen LogP contribution < -0.4 is 0 Å². The second kappa shape index (κ2) is 15.4. The van der Waals surface area contributed by atoms with Crippen LogP contribution in [0.2, 0.25) is 0 Å². The fourth-order valence-electron chi connectivity index (χ4n) is 3.32. The summed E-state index contributed by atoms with van der Waals surface area (Å²) in [6.45, 7) is 6.34. The Hall–Kier alpha value is -0.0800. The Morgan fingerprint density at radius 3 is 1.65 bits per heavy atom. The normalized spacial score (nSPS) is 20.1. The van der Waals surface area contributed by atoms with E-state index < -0.39 is 0 Å². The third-order valence-corrected chi connectivity index (χ3v) is 4.91. The van der Waals surface area contributed by atoms with Crippen LogP contribution in [0.5, 0.6) is 0 Å². The largest absolute Gasteiger partial charge is 0.381 e. The van der Waals surface area contributed by atoms with Crippen molar-refractivity contribution in [3.63, 3.8) is 0 Å². The van der Waals surface area contributed by atoms with Crippen molar-refractivity contribution < 1.29 is 9.47 Å². The number of unbranched alkanes of at least 4 members (excludes halogenated alkanes) is 10. The van der Waals surface area contributed by atoms with Crippen LogP contribution in [0.4, 0.5) is 0 Å². The summed E-state index contributed by atoms with van der Waals surface area (Å²) in [4.78, 5) is 0. The molecule has 1 aliphatic rings. The zero-order chi connectivity index (χ0) is 16.6. The van der Waals surface area contributed by atoms with Gasteiger partial charge in [-0.2, -0.15) is 0 Å². The standard InChI is InChI=1S/C21H42O2/c1-3-5-6-7-10-13-16-20-21(23-20)17-14-11-8-9-12-15-19-22-18-4-2/h20-21H,3-19H2,1-2H3. The number of hydrogen-bond donors (Lipinski definition) is 0. The molecule has 138 valence electrons. The van der Waals surface area contributed by atoms with E-state index >= 15 is 0 Å². The van der Waals surface area contributed by atoms with Crippen molar-refractivity contribution >= 4 is 0 Å². The Kier molecular flexibility index (Phi) is 14.1. The summed E-state index contributed by atoms with van der Waals surface area (Å²) in [6.07, 6.45) is 21.5. The van der Waals surface area contributed by atoms with E-state index in [0.717, 1.165) is 19.6 Å². The summed E-state index contributed by atoms with van der Waals surface area (Å²) in [5, 5.41) is 0. The average Bonchev–Trinajstić information content (AvgIpc) is 3.31. The molecule has 0 saturated carbocycles. The van der Waals surface area contributed by atoms with E-state index in [9.17, 15) is 0 Å². The summed E-state index contributed by atoms with van der Waals surface area (Å²) >= 11 is 0. The molecule has 0 aromatic carbocycles. The highest BCUT2D eigenvalue weighted by Crippen LogP contribution is 2.31. The van der Waals surface area contributed by atoms with Crippen LogP contribution in [0, 0.1) is 0 Å². The molecule has 0 aromatic rings. The van der Waals surface area contributed by atoms with Crippen LogP contribution in [0.3, 0.4) is 0 Å². The molecule has 1 saturated heterocycles. The van der Waals surface area contributed by atoms with Crippen molar-refractivity contribution in [2.24, 2.45) is 0 Å². The van der Waals surface area contributed by atoms with E-state index in [1.54, 1.807) is 0 Å². The SMILES string of the molecule is CCCCCCCCC1OC1CCCCCCCCOCCC. The van der Waals surface area contributed by atoms with Crippen LogP contribution in [0.15, 0.2) is 0 Å². The van der Waals surface area contributed by atoms with Crippen molar-refractivity contribution in [2.75, 3.05) is 13.2 Å². The first-order valence-electron chi connectivity index (χ1n) is 10.6. The molecule has 0 spiro atoms. The predicted octanol–water partition coefficient (Wildman–Crippen LogP) is 6.66. The summed E-state index contributed by atoms with van der Waals surface area (Å²) in [5.74, 6) is 0. The van der Waals surface area contributed by atoms with Gasteiger partial charge in [0.25, 0.3) is 0 Å². The molecular formula is C21H42O2. The van der Waals surface area contributed by atoms with Crippen LogP contribution in [0.25, 0.3) is 0 Å². The van der Waals surface area contributed by atoms with Crippen molar-refractivity contribution in [3.05, 3.63) is 0 Å². The molecule has 1 aliphatic heterocycles. The highest BCUT2D eigenvalue weighted by atomic mass is 16.6. The molecule has 0 bridgehead atoms. The molecule has 1 fully saturated rings. The molecule has 0 aliphatic carbocycles. The van der Waals surface area contributed by atoms with Crippen LogP contribution in [0.1, 0.15) is 110 Å². The van der Waals surface area contributed by atoms with Gasteiger partial charge in [-0.1, -0.05) is 84.5 Å². The van der Waals surface area contributed by atoms with Gasteiger partial charge in [0.05, 0.1) is 12.2 Å². The Morgan fingerprint density at radius 1 is 0.565 bits per heavy atom. The van der Waals surface area contributed by atoms with Gasteiger partial charge >= 0.3 is 0 Å². The monoisotopic (exact) mass is 326 g/mol. The Balaban J connectivity index is 1.72. The molecule has 2 atom stereocenters. The van der Waals surface area contributed by atoms with Gasteiger partial charge < -0.3 is 9.47 Å². The summed E-state index contributed by atoms with van der Waals surface area (Å²) in [5.41, 5.74) is 0. The van der Waals surface area contributed by atoms with E-state index in [-0.39, 0.29) is 0 Å². The van der Waals surface area contributed by atoms with Crippen LogP contribution in [-0.2, 0) is 9.47 Å². The molecule has 2 unspecified atom stereocenters. The minimum Gasteiger partial charge on any atom is -0.381 e. The smallest absolute Gasteiger partial charge is 0.0841 e. The van der Waals surface area contributed by atoms with Crippen molar-refractivity contribution in [2.45, 2.75) is 122 Å². The topological polar surface area (TPSA) is 21.8 Å². The van der Waals surface area contributed by atoms with Crippen molar-refractivity contribution in [1.29, 1.82) is 0 Å². The maximum Gasteiger partial charge on any atom is 0.0841 e. The predicted molar refractivity (Wildman–Crippen MR) is 100 cm³/mol. The van der Waals surface area contributed by atoms with Crippen molar-refractivity contribution in [3.8, 4) is 0 Å². The molecule has 1 rings (SSSR count). The van der Waals surface area contributed by atoms with Crippen molar-refractivity contribution in [1.82, 2.24) is 0 Å². The third kappa shape index (κ3) is 12.9. The first kappa shape index (κ1) is 21.0. The molecular weight excluding hydrogens is 284 g/mol. The van der Waals surface area contributed by atoms with E-state index in [1.165, 1.54) is 89.9 Å². The lowest BCUT2D eigenvalue weighted by Gasteiger charge is -2.03. The second-order valence-electron chi connectivity index (χ2n) is 7.29. The fraction of sp³-hybridized carbons (Fsp3) is 1.00. The maximum absolute atomic E-state index is 5.81. The lowest BCUT2D eigenvalue weighted by molar-refractivity contribution is 0.130. The van der Waals surface area contributed by atoms with Gasteiger partial charge in [0.1, 0.15) is 0 Å². The molecule has 0 amide bonds.